The Bertz CT molecular complexity index is 435. The van der Waals surface area contributed by atoms with Crippen LogP contribution in [0.15, 0.2) is 18.2 Å². The minimum Gasteiger partial charge on any atom is -0.494 e. The van der Waals surface area contributed by atoms with Crippen molar-refractivity contribution in [2.45, 2.75) is 44.3 Å². The lowest BCUT2D eigenvalue weighted by molar-refractivity contribution is -0.103. The average Bonchev–Trinajstić information content (AvgIpc) is 2.38. The lowest BCUT2D eigenvalue weighted by atomic mass is 9.84. The van der Waals surface area contributed by atoms with E-state index in [2.05, 4.69) is 0 Å². The second-order valence-electron chi connectivity index (χ2n) is 5.23. The summed E-state index contributed by atoms with van der Waals surface area (Å²) in [5, 5.41) is 10.6. The van der Waals surface area contributed by atoms with Gasteiger partial charge in [0.15, 0.2) is 11.6 Å². The van der Waals surface area contributed by atoms with Gasteiger partial charge in [0.25, 0.3) is 0 Å². The Balaban J connectivity index is 2.09. The molecule has 3 nitrogen and oxygen atoms in total. The highest BCUT2D eigenvalue weighted by molar-refractivity contribution is 5.30. The second kappa shape index (κ2) is 5.88. The Labute approximate surface area is 113 Å². The van der Waals surface area contributed by atoms with Crippen molar-refractivity contribution in [3.8, 4) is 5.75 Å². The maximum atomic E-state index is 13.6. The Morgan fingerprint density at radius 3 is 2.95 bits per heavy atom. The molecule has 2 unspecified atom stereocenters. The summed E-state index contributed by atoms with van der Waals surface area (Å²) in [5.41, 5.74) is -0.00231. The summed E-state index contributed by atoms with van der Waals surface area (Å²) in [6, 6.07) is 4.84. The van der Waals surface area contributed by atoms with E-state index in [1.54, 1.807) is 12.1 Å². The Morgan fingerprint density at radius 1 is 1.53 bits per heavy atom. The van der Waals surface area contributed by atoms with E-state index < -0.39 is 5.60 Å². The van der Waals surface area contributed by atoms with Crippen LogP contribution in [0.1, 0.15) is 31.7 Å². The van der Waals surface area contributed by atoms with Gasteiger partial charge in [0.2, 0.25) is 0 Å². The molecule has 0 spiro atoms. The average molecular weight is 268 g/mol. The first-order valence-electron chi connectivity index (χ1n) is 6.73. The molecule has 0 aromatic heterocycles. The maximum absolute atomic E-state index is 13.6. The van der Waals surface area contributed by atoms with Crippen molar-refractivity contribution in [1.29, 1.82) is 0 Å². The fraction of sp³-hybridized carbons (Fsp3) is 0.600. The van der Waals surface area contributed by atoms with Crippen LogP contribution < -0.4 is 4.74 Å². The van der Waals surface area contributed by atoms with Crippen molar-refractivity contribution in [2.24, 2.45) is 0 Å². The third kappa shape index (κ3) is 3.45. The molecule has 19 heavy (non-hydrogen) atoms. The number of hydrogen-bond acceptors (Lipinski definition) is 3. The van der Waals surface area contributed by atoms with Gasteiger partial charge in [-0.15, -0.1) is 0 Å². The summed E-state index contributed by atoms with van der Waals surface area (Å²) in [5.74, 6) is -0.156. The molecule has 1 aromatic carbocycles. The highest BCUT2D eigenvalue weighted by Crippen LogP contribution is 2.30. The van der Waals surface area contributed by atoms with Gasteiger partial charge in [-0.25, -0.2) is 4.39 Å². The monoisotopic (exact) mass is 268 g/mol. The van der Waals surface area contributed by atoms with Crippen molar-refractivity contribution < 1.29 is 19.0 Å². The molecule has 1 aromatic rings. The first-order valence-corrected chi connectivity index (χ1v) is 6.73. The van der Waals surface area contributed by atoms with Crippen LogP contribution in [-0.2, 0) is 11.2 Å². The van der Waals surface area contributed by atoms with Crippen LogP contribution in [0.3, 0.4) is 0 Å². The van der Waals surface area contributed by atoms with E-state index in [1.165, 1.54) is 13.2 Å². The first-order chi connectivity index (χ1) is 9.06. The van der Waals surface area contributed by atoms with Gasteiger partial charge >= 0.3 is 0 Å². The topological polar surface area (TPSA) is 38.7 Å². The molecule has 106 valence electrons. The van der Waals surface area contributed by atoms with Gasteiger partial charge < -0.3 is 14.6 Å². The van der Waals surface area contributed by atoms with Crippen molar-refractivity contribution in [3.63, 3.8) is 0 Å². The molecule has 4 heteroatoms. The zero-order valence-electron chi connectivity index (χ0n) is 11.5. The van der Waals surface area contributed by atoms with Gasteiger partial charge in [-0.05, 0) is 30.5 Å². The molecule has 1 saturated heterocycles. The molecule has 0 radical (unpaired) electrons. The Morgan fingerprint density at radius 2 is 2.32 bits per heavy atom. The number of hydrogen-bond donors (Lipinski definition) is 1. The van der Waals surface area contributed by atoms with Crippen LogP contribution in [0.5, 0.6) is 5.75 Å². The lowest BCUT2D eigenvalue weighted by Crippen LogP contribution is -2.42. The van der Waals surface area contributed by atoms with Crippen LogP contribution in [0.2, 0.25) is 0 Å². The lowest BCUT2D eigenvalue weighted by Gasteiger charge is -2.36. The van der Waals surface area contributed by atoms with Gasteiger partial charge in [0.1, 0.15) is 0 Å². The molecule has 2 rings (SSSR count). The summed E-state index contributed by atoms with van der Waals surface area (Å²) in [6.07, 6.45) is 2.64. The third-order valence-corrected chi connectivity index (χ3v) is 3.73. The zero-order valence-corrected chi connectivity index (χ0v) is 11.5. The van der Waals surface area contributed by atoms with Crippen molar-refractivity contribution in [3.05, 3.63) is 29.6 Å². The molecule has 0 saturated carbocycles. The molecule has 0 amide bonds. The van der Waals surface area contributed by atoms with E-state index in [4.69, 9.17) is 9.47 Å². The van der Waals surface area contributed by atoms with Gasteiger partial charge in [-0.3, -0.25) is 0 Å². The van der Waals surface area contributed by atoms with Gasteiger partial charge in [-0.2, -0.15) is 0 Å². The van der Waals surface area contributed by atoms with E-state index in [0.717, 1.165) is 12.0 Å². The van der Waals surface area contributed by atoms with Crippen LogP contribution in [-0.4, -0.2) is 30.5 Å². The minimum atomic E-state index is -0.792. The predicted molar refractivity (Wildman–Crippen MR) is 70.9 cm³/mol. The van der Waals surface area contributed by atoms with Gasteiger partial charge in [0, 0.05) is 19.4 Å². The summed E-state index contributed by atoms with van der Waals surface area (Å²) in [7, 11) is 1.44. The summed E-state index contributed by atoms with van der Waals surface area (Å²) in [4.78, 5) is 0. The molecular formula is C15H21FO3. The SMILES string of the molecule is CCC1CC(O)(Cc2ccc(OC)c(F)c2)CCO1. The first kappa shape index (κ1) is 14.3. The largest absolute Gasteiger partial charge is 0.494 e. The number of aliphatic hydroxyl groups is 1. The number of ether oxygens (including phenoxy) is 2. The van der Waals surface area contributed by atoms with Crippen LogP contribution >= 0.6 is 0 Å². The Hall–Kier alpha value is -1.13. The minimum absolute atomic E-state index is 0.0989. The maximum Gasteiger partial charge on any atom is 0.165 e. The van der Waals surface area contributed by atoms with Crippen molar-refractivity contribution in [2.75, 3.05) is 13.7 Å². The van der Waals surface area contributed by atoms with Crippen LogP contribution in [0.4, 0.5) is 4.39 Å². The standard InChI is InChI=1S/C15H21FO3/c1-3-12-10-15(17,6-7-19-12)9-11-4-5-14(18-2)13(16)8-11/h4-5,8,12,17H,3,6-7,9-10H2,1-2H3. The predicted octanol–water partition coefficient (Wildman–Crippen LogP) is 2.70. The van der Waals surface area contributed by atoms with Crippen molar-refractivity contribution in [1.82, 2.24) is 0 Å². The smallest absolute Gasteiger partial charge is 0.165 e. The molecule has 1 aliphatic heterocycles. The highest BCUT2D eigenvalue weighted by Gasteiger charge is 2.34. The molecule has 1 heterocycles. The van der Waals surface area contributed by atoms with E-state index in [9.17, 15) is 9.50 Å². The number of rotatable bonds is 4. The molecule has 0 bridgehead atoms. The summed E-state index contributed by atoms with van der Waals surface area (Å²) in [6.45, 7) is 2.61. The van der Waals surface area contributed by atoms with Gasteiger partial charge in [-0.1, -0.05) is 13.0 Å². The molecule has 0 aliphatic carbocycles. The van der Waals surface area contributed by atoms with Crippen LogP contribution in [0, 0.1) is 5.82 Å². The fourth-order valence-corrected chi connectivity index (χ4v) is 2.62. The third-order valence-electron chi connectivity index (χ3n) is 3.73. The summed E-state index contributed by atoms with van der Waals surface area (Å²) >= 11 is 0. The van der Waals surface area contributed by atoms with E-state index in [1.807, 2.05) is 6.92 Å². The summed E-state index contributed by atoms with van der Waals surface area (Å²) < 4.78 is 24.1. The van der Waals surface area contributed by atoms with Gasteiger partial charge in [0.05, 0.1) is 18.8 Å². The number of halogens is 1. The Kier molecular flexibility index (Phi) is 4.42. The van der Waals surface area contributed by atoms with Crippen molar-refractivity contribution >= 4 is 0 Å². The second-order valence-corrected chi connectivity index (χ2v) is 5.23. The molecule has 2 atom stereocenters. The van der Waals surface area contributed by atoms with E-state index in [-0.39, 0.29) is 17.7 Å². The normalized spacial score (nSPS) is 27.3. The number of methoxy groups -OCH3 is 1. The van der Waals surface area contributed by atoms with E-state index >= 15 is 0 Å². The highest BCUT2D eigenvalue weighted by atomic mass is 19.1. The molecule has 1 aliphatic rings. The zero-order chi connectivity index (χ0) is 13.9. The quantitative estimate of drug-likeness (QED) is 0.912. The molecule has 1 N–H and O–H groups in total. The molecular weight excluding hydrogens is 247 g/mol. The fourth-order valence-electron chi connectivity index (χ4n) is 2.62. The van der Waals surface area contributed by atoms with E-state index in [0.29, 0.717) is 25.9 Å². The number of benzene rings is 1. The van der Waals surface area contributed by atoms with Crippen LogP contribution in [0.25, 0.3) is 0 Å². The molecule has 1 fully saturated rings.